The predicted molar refractivity (Wildman–Crippen MR) is 129 cm³/mol. The predicted octanol–water partition coefficient (Wildman–Crippen LogP) is -1.90. The molecule has 0 aliphatic carbocycles. The Morgan fingerprint density at radius 2 is 1.35 bits per heavy atom. The smallest absolute Gasteiger partial charge is 0.326 e. The molecule has 0 spiro atoms. The van der Waals surface area contributed by atoms with Crippen molar-refractivity contribution in [1.29, 1.82) is 0 Å². The monoisotopic (exact) mass is 486 g/mol. The molecule has 0 aliphatic heterocycles. The summed E-state index contributed by atoms with van der Waals surface area (Å²) in [4.78, 5) is 53.3. The third kappa shape index (κ3) is 13.6. The van der Waals surface area contributed by atoms with Gasteiger partial charge in [0, 0.05) is 6.54 Å². The molecule has 3 amide bonds. The van der Waals surface area contributed by atoms with Gasteiger partial charge >= 0.3 is 5.97 Å². The lowest BCUT2D eigenvalue weighted by molar-refractivity contribution is -0.142. The summed E-state index contributed by atoms with van der Waals surface area (Å²) in [6.45, 7) is 5.91. The van der Waals surface area contributed by atoms with Crippen molar-refractivity contribution >= 4 is 29.7 Å². The maximum absolute atomic E-state index is 13.0. The Labute approximate surface area is 200 Å². The summed E-state index contributed by atoms with van der Waals surface area (Å²) in [6.07, 6.45) is 2.19. The van der Waals surface area contributed by atoms with Crippen molar-refractivity contribution in [1.82, 2.24) is 16.0 Å². The normalized spacial score (nSPS) is 14.4. The fourth-order valence-corrected chi connectivity index (χ4v) is 3.07. The summed E-state index contributed by atoms with van der Waals surface area (Å²) in [5.41, 5.74) is 21.6. The number of hydrogen-bond acceptors (Lipinski definition) is 7. The minimum absolute atomic E-state index is 0.0789. The van der Waals surface area contributed by atoms with E-state index >= 15 is 0 Å². The van der Waals surface area contributed by atoms with Gasteiger partial charge in [-0.2, -0.15) is 0 Å². The molecule has 34 heavy (non-hydrogen) atoms. The first-order valence-corrected chi connectivity index (χ1v) is 11.5. The first kappa shape index (κ1) is 31.1. The summed E-state index contributed by atoms with van der Waals surface area (Å²) >= 11 is 0. The second-order valence-electron chi connectivity index (χ2n) is 8.67. The number of nitrogens with zero attached hydrogens (tertiary/aromatic N) is 1. The van der Waals surface area contributed by atoms with E-state index in [9.17, 15) is 24.3 Å². The third-order valence-electron chi connectivity index (χ3n) is 4.89. The van der Waals surface area contributed by atoms with E-state index in [4.69, 9.17) is 22.9 Å². The van der Waals surface area contributed by atoms with Crippen LogP contribution in [0.3, 0.4) is 0 Å². The molecule has 0 aromatic heterocycles. The van der Waals surface area contributed by atoms with E-state index in [0.717, 1.165) is 0 Å². The standard InChI is InChI=1S/C21H42N8O5/c1-12(2)11-16(29-17(30)13(3)23)19(32)27-14(7-4-5-9-22)18(31)28-15(20(33)34)8-6-10-26-21(24)25/h12-16H,4-11,22-23H2,1-3H3,(H,27,32)(H,28,31)(H,29,30)(H,33,34)(H4,24,25,26). The van der Waals surface area contributed by atoms with Crippen LogP contribution in [0.1, 0.15) is 59.3 Å². The average molecular weight is 487 g/mol. The number of unbranched alkanes of at least 4 members (excludes halogenated alkanes) is 1. The van der Waals surface area contributed by atoms with Crippen molar-refractivity contribution in [2.45, 2.75) is 83.5 Å². The first-order valence-electron chi connectivity index (χ1n) is 11.5. The van der Waals surface area contributed by atoms with Gasteiger partial charge in [-0.05, 0) is 57.9 Å². The van der Waals surface area contributed by atoms with Gasteiger partial charge in [0.05, 0.1) is 6.04 Å². The van der Waals surface area contributed by atoms with Gasteiger partial charge in [0.15, 0.2) is 5.96 Å². The third-order valence-corrected chi connectivity index (χ3v) is 4.89. The second-order valence-corrected chi connectivity index (χ2v) is 8.67. The molecule has 0 fully saturated rings. The lowest BCUT2D eigenvalue weighted by atomic mass is 10.0. The second kappa shape index (κ2) is 16.6. The number of nitrogens with two attached hydrogens (primary N) is 4. The van der Waals surface area contributed by atoms with Crippen LogP contribution in [-0.4, -0.2) is 72.0 Å². The van der Waals surface area contributed by atoms with Crippen molar-refractivity contribution in [2.24, 2.45) is 33.8 Å². The fraction of sp³-hybridized carbons (Fsp3) is 0.762. The topological polar surface area (TPSA) is 241 Å². The number of amides is 3. The van der Waals surface area contributed by atoms with Gasteiger partial charge in [-0.1, -0.05) is 13.8 Å². The number of carboxylic acid groups (broad SMARTS) is 1. The molecule has 4 unspecified atom stereocenters. The van der Waals surface area contributed by atoms with Gasteiger partial charge in [-0.3, -0.25) is 19.4 Å². The highest BCUT2D eigenvalue weighted by Gasteiger charge is 2.30. The number of nitrogens with one attached hydrogen (secondary N) is 3. The van der Waals surface area contributed by atoms with E-state index in [1.807, 2.05) is 13.8 Å². The molecule has 196 valence electrons. The molecule has 0 saturated carbocycles. The average Bonchev–Trinajstić information content (AvgIpc) is 2.73. The minimum atomic E-state index is -1.22. The minimum Gasteiger partial charge on any atom is -0.480 e. The lowest BCUT2D eigenvalue weighted by Gasteiger charge is -2.25. The summed E-state index contributed by atoms with van der Waals surface area (Å²) in [5, 5.41) is 17.2. The molecule has 0 bridgehead atoms. The van der Waals surface area contributed by atoms with Crippen molar-refractivity contribution < 1.29 is 24.3 Å². The van der Waals surface area contributed by atoms with Crippen molar-refractivity contribution in [3.05, 3.63) is 0 Å². The summed E-state index contributed by atoms with van der Waals surface area (Å²) < 4.78 is 0. The molecule has 0 aliphatic rings. The van der Waals surface area contributed by atoms with E-state index in [2.05, 4.69) is 20.9 Å². The maximum atomic E-state index is 13.0. The Morgan fingerprint density at radius 1 is 0.824 bits per heavy atom. The van der Waals surface area contributed by atoms with Gasteiger partial charge in [-0.15, -0.1) is 0 Å². The molecule has 0 aromatic carbocycles. The number of carbonyl (C=O) groups is 4. The quantitative estimate of drug-likeness (QED) is 0.0649. The molecule has 0 rings (SSSR count). The van der Waals surface area contributed by atoms with E-state index in [1.54, 1.807) is 0 Å². The van der Waals surface area contributed by atoms with Crippen molar-refractivity contribution in [3.8, 4) is 0 Å². The van der Waals surface area contributed by atoms with E-state index < -0.39 is 47.9 Å². The SMILES string of the molecule is CC(C)CC(NC(=O)C(C)N)C(=O)NC(CCCCN)C(=O)NC(CCCN=C(N)N)C(=O)O. The molecule has 4 atom stereocenters. The van der Waals surface area contributed by atoms with E-state index in [-0.39, 0.29) is 31.3 Å². The van der Waals surface area contributed by atoms with Crippen molar-refractivity contribution in [2.75, 3.05) is 13.1 Å². The van der Waals surface area contributed by atoms with Crippen LogP contribution in [0.4, 0.5) is 0 Å². The van der Waals surface area contributed by atoms with Crippen LogP contribution in [-0.2, 0) is 19.2 Å². The molecule has 13 nitrogen and oxygen atoms in total. The lowest BCUT2D eigenvalue weighted by Crippen LogP contribution is -2.57. The Bertz CT molecular complexity index is 695. The zero-order valence-corrected chi connectivity index (χ0v) is 20.4. The van der Waals surface area contributed by atoms with Crippen LogP contribution in [0.2, 0.25) is 0 Å². The zero-order valence-electron chi connectivity index (χ0n) is 20.4. The van der Waals surface area contributed by atoms with Crippen LogP contribution in [0, 0.1) is 5.92 Å². The molecule has 0 radical (unpaired) electrons. The Hall–Kier alpha value is -2.93. The number of aliphatic imine (C=N–C) groups is 1. The van der Waals surface area contributed by atoms with Crippen LogP contribution in [0.5, 0.6) is 0 Å². The molecule has 13 heteroatoms. The molecule has 0 aromatic rings. The van der Waals surface area contributed by atoms with Crippen LogP contribution < -0.4 is 38.9 Å². The van der Waals surface area contributed by atoms with Crippen molar-refractivity contribution in [3.63, 3.8) is 0 Å². The highest BCUT2D eigenvalue weighted by Crippen LogP contribution is 2.09. The highest BCUT2D eigenvalue weighted by atomic mass is 16.4. The first-order chi connectivity index (χ1) is 15.9. The zero-order chi connectivity index (χ0) is 26.3. The Morgan fingerprint density at radius 3 is 1.85 bits per heavy atom. The van der Waals surface area contributed by atoms with Crippen LogP contribution in [0.25, 0.3) is 0 Å². The largest absolute Gasteiger partial charge is 0.480 e. The fourth-order valence-electron chi connectivity index (χ4n) is 3.07. The number of guanidine groups is 1. The highest BCUT2D eigenvalue weighted by molar-refractivity contribution is 5.94. The summed E-state index contributed by atoms with van der Waals surface area (Å²) in [5.74, 6) is -2.92. The van der Waals surface area contributed by atoms with Gasteiger partial charge in [0.1, 0.15) is 18.1 Å². The molecular weight excluding hydrogens is 444 g/mol. The number of carbonyl (C=O) groups excluding carboxylic acids is 3. The van der Waals surface area contributed by atoms with Crippen LogP contribution >= 0.6 is 0 Å². The number of aliphatic carboxylic acids is 1. The molecular formula is C21H42N8O5. The Balaban J connectivity index is 5.39. The molecule has 0 saturated heterocycles. The number of rotatable bonds is 17. The maximum Gasteiger partial charge on any atom is 0.326 e. The Kier molecular flexibility index (Phi) is 15.2. The van der Waals surface area contributed by atoms with Gasteiger partial charge in [0.25, 0.3) is 0 Å². The summed E-state index contributed by atoms with van der Waals surface area (Å²) in [7, 11) is 0. The van der Waals surface area contributed by atoms with Gasteiger partial charge in [0.2, 0.25) is 17.7 Å². The van der Waals surface area contributed by atoms with E-state index in [1.165, 1.54) is 6.92 Å². The van der Waals surface area contributed by atoms with Crippen LogP contribution in [0.15, 0.2) is 4.99 Å². The van der Waals surface area contributed by atoms with Gasteiger partial charge in [-0.25, -0.2) is 4.79 Å². The van der Waals surface area contributed by atoms with E-state index in [0.29, 0.717) is 32.2 Å². The van der Waals surface area contributed by atoms with Gasteiger partial charge < -0.3 is 44.0 Å². The molecule has 0 heterocycles. The molecule has 12 N–H and O–H groups in total. The number of carboxylic acids is 1. The number of hydrogen-bond donors (Lipinski definition) is 8. The summed E-state index contributed by atoms with van der Waals surface area (Å²) in [6, 6.07) is -3.88.